The van der Waals surface area contributed by atoms with E-state index < -0.39 is 5.97 Å². The average Bonchev–Trinajstić information content (AvgIpc) is 3.20. The van der Waals surface area contributed by atoms with Crippen molar-refractivity contribution >= 4 is 21.9 Å². The molecule has 1 aromatic heterocycles. The molecular formula is C18H14BrN5O3. The summed E-state index contributed by atoms with van der Waals surface area (Å²) >= 11 is 3.32. The second kappa shape index (κ2) is 8.42. The van der Waals surface area contributed by atoms with Crippen molar-refractivity contribution in [1.82, 2.24) is 20.2 Å². The van der Waals surface area contributed by atoms with Gasteiger partial charge in [-0.25, -0.2) is 4.68 Å². The van der Waals surface area contributed by atoms with E-state index in [0.717, 1.165) is 11.3 Å². The Balaban J connectivity index is 1.73. The average molecular weight is 428 g/mol. The minimum Gasteiger partial charge on any atom is -0.490 e. The molecule has 8 nitrogen and oxygen atoms in total. The highest BCUT2D eigenvalue weighted by Gasteiger charge is 2.16. The van der Waals surface area contributed by atoms with E-state index in [1.54, 1.807) is 18.2 Å². The molecule has 0 saturated heterocycles. The van der Waals surface area contributed by atoms with Crippen molar-refractivity contribution in [2.75, 3.05) is 6.61 Å². The summed E-state index contributed by atoms with van der Waals surface area (Å²) in [6.07, 6.45) is 1.56. The molecule has 2 aromatic carbocycles. The third-order valence-corrected chi connectivity index (χ3v) is 4.14. The number of hydrogen-bond donors (Lipinski definition) is 0. The van der Waals surface area contributed by atoms with Crippen LogP contribution in [0.2, 0.25) is 0 Å². The van der Waals surface area contributed by atoms with Gasteiger partial charge in [-0.05, 0) is 57.0 Å². The van der Waals surface area contributed by atoms with Crippen molar-refractivity contribution in [3.63, 3.8) is 0 Å². The number of tetrazole rings is 1. The fourth-order valence-electron chi connectivity index (χ4n) is 2.36. The zero-order valence-electron chi connectivity index (χ0n) is 14.3. The van der Waals surface area contributed by atoms with Crippen molar-refractivity contribution in [3.05, 3.63) is 58.3 Å². The Hall–Kier alpha value is -3.25. The fraction of sp³-hybridized carbons (Fsp3) is 0.167. The molecule has 0 fully saturated rings. The summed E-state index contributed by atoms with van der Waals surface area (Å²) in [5.74, 6) is 0.147. The lowest BCUT2D eigenvalue weighted by molar-refractivity contribution is -0.133. The second-order valence-corrected chi connectivity index (χ2v) is 6.26. The molecule has 1 heterocycles. The first-order valence-corrected chi connectivity index (χ1v) is 8.79. The molecule has 0 bridgehead atoms. The molecule has 0 atom stereocenters. The maximum atomic E-state index is 12.4. The molecule has 0 aliphatic rings. The van der Waals surface area contributed by atoms with E-state index in [0.29, 0.717) is 22.4 Å². The number of benzene rings is 2. The molecule has 0 aliphatic carbocycles. The van der Waals surface area contributed by atoms with Crippen LogP contribution in [0.25, 0.3) is 5.69 Å². The first-order chi connectivity index (χ1) is 13.1. The number of carbonyl (C=O) groups excluding carboxylic acids is 1. The lowest BCUT2D eigenvalue weighted by Crippen LogP contribution is -2.13. The van der Waals surface area contributed by atoms with Crippen LogP contribution >= 0.6 is 15.9 Å². The Morgan fingerprint density at radius 2 is 2.07 bits per heavy atom. The zero-order valence-corrected chi connectivity index (χ0v) is 15.9. The molecule has 9 heteroatoms. The van der Waals surface area contributed by atoms with E-state index in [1.807, 2.05) is 25.1 Å². The summed E-state index contributed by atoms with van der Waals surface area (Å²) in [6, 6.07) is 12.4. The predicted molar refractivity (Wildman–Crippen MR) is 98.5 cm³/mol. The number of nitriles is 1. The van der Waals surface area contributed by atoms with E-state index in [9.17, 15) is 4.79 Å². The normalized spacial score (nSPS) is 10.3. The molecule has 0 unspecified atom stereocenters. The van der Waals surface area contributed by atoms with Gasteiger partial charge in [-0.3, -0.25) is 4.79 Å². The number of halogens is 1. The Morgan fingerprint density at radius 3 is 2.70 bits per heavy atom. The third-order valence-electron chi connectivity index (χ3n) is 3.55. The van der Waals surface area contributed by atoms with Gasteiger partial charge in [0, 0.05) is 6.07 Å². The van der Waals surface area contributed by atoms with Crippen LogP contribution in [-0.4, -0.2) is 32.8 Å². The Labute approximate surface area is 163 Å². The second-order valence-electron chi connectivity index (χ2n) is 5.40. The lowest BCUT2D eigenvalue weighted by Gasteiger charge is -2.13. The molecule has 0 amide bonds. The summed E-state index contributed by atoms with van der Waals surface area (Å²) in [5.41, 5.74) is 1.97. The Kier molecular flexibility index (Phi) is 5.78. The first-order valence-electron chi connectivity index (χ1n) is 8.00. The van der Waals surface area contributed by atoms with E-state index in [-0.39, 0.29) is 12.2 Å². The summed E-state index contributed by atoms with van der Waals surface area (Å²) in [7, 11) is 0. The van der Waals surface area contributed by atoms with E-state index >= 15 is 0 Å². The van der Waals surface area contributed by atoms with E-state index in [4.69, 9.17) is 14.7 Å². The third kappa shape index (κ3) is 4.48. The van der Waals surface area contributed by atoms with Gasteiger partial charge in [0.1, 0.15) is 6.33 Å². The maximum Gasteiger partial charge on any atom is 0.315 e. The summed E-state index contributed by atoms with van der Waals surface area (Å²) in [4.78, 5) is 12.4. The van der Waals surface area contributed by atoms with Crippen molar-refractivity contribution in [3.8, 4) is 23.3 Å². The Morgan fingerprint density at radius 1 is 1.30 bits per heavy atom. The summed E-state index contributed by atoms with van der Waals surface area (Å²) < 4.78 is 13.0. The van der Waals surface area contributed by atoms with Gasteiger partial charge in [-0.2, -0.15) is 5.26 Å². The molecule has 3 aromatic rings. The van der Waals surface area contributed by atoms with Crippen LogP contribution in [-0.2, 0) is 11.2 Å². The van der Waals surface area contributed by atoms with Gasteiger partial charge in [-0.15, -0.1) is 5.10 Å². The van der Waals surface area contributed by atoms with Gasteiger partial charge in [-0.1, -0.05) is 12.1 Å². The van der Waals surface area contributed by atoms with Gasteiger partial charge in [0.15, 0.2) is 11.5 Å². The number of nitrogens with zero attached hydrogens (tertiary/aromatic N) is 5. The number of carbonyl (C=O) groups is 1. The van der Waals surface area contributed by atoms with Crippen molar-refractivity contribution in [1.29, 1.82) is 5.26 Å². The topological polar surface area (TPSA) is 103 Å². The van der Waals surface area contributed by atoms with E-state index in [1.165, 1.54) is 17.1 Å². The largest absolute Gasteiger partial charge is 0.490 e. The van der Waals surface area contributed by atoms with Crippen LogP contribution in [0, 0.1) is 11.3 Å². The standard InChI is InChI=1S/C18H14BrN5O3/c1-2-26-16-8-13(10-20)7-15(19)18(16)27-17(25)9-12-3-5-14(6-4-12)24-11-21-22-23-24/h3-8,11H,2,9H2,1H3. The predicted octanol–water partition coefficient (Wildman–Crippen LogP) is 2.84. The minimum atomic E-state index is -0.448. The molecule has 0 saturated carbocycles. The monoisotopic (exact) mass is 427 g/mol. The van der Waals surface area contributed by atoms with Crippen molar-refractivity contribution in [2.24, 2.45) is 0 Å². The number of aromatic nitrogens is 4. The minimum absolute atomic E-state index is 0.0773. The molecule has 0 radical (unpaired) electrons. The molecule has 0 aliphatic heterocycles. The highest BCUT2D eigenvalue weighted by atomic mass is 79.9. The van der Waals surface area contributed by atoms with Crippen molar-refractivity contribution < 1.29 is 14.3 Å². The SMILES string of the molecule is CCOc1cc(C#N)cc(Br)c1OC(=O)Cc1ccc(-n2cnnn2)cc1. The lowest BCUT2D eigenvalue weighted by atomic mass is 10.1. The van der Waals surface area contributed by atoms with E-state index in [2.05, 4.69) is 31.5 Å². The maximum absolute atomic E-state index is 12.4. The molecule has 136 valence electrons. The van der Waals surface area contributed by atoms with Gasteiger partial charge < -0.3 is 9.47 Å². The Bertz CT molecular complexity index is 981. The number of ether oxygens (including phenoxy) is 2. The van der Waals surface area contributed by atoms with Gasteiger partial charge >= 0.3 is 5.97 Å². The van der Waals surface area contributed by atoms with Gasteiger partial charge in [0.25, 0.3) is 0 Å². The first kappa shape index (κ1) is 18.5. The smallest absolute Gasteiger partial charge is 0.315 e. The molecule has 0 N–H and O–H groups in total. The quantitative estimate of drug-likeness (QED) is 0.439. The summed E-state index contributed by atoms with van der Waals surface area (Å²) in [6.45, 7) is 2.19. The highest BCUT2D eigenvalue weighted by molar-refractivity contribution is 9.10. The van der Waals surface area contributed by atoms with Crippen LogP contribution in [0.3, 0.4) is 0 Å². The van der Waals surface area contributed by atoms with Crippen LogP contribution in [0.5, 0.6) is 11.5 Å². The zero-order chi connectivity index (χ0) is 19.2. The molecule has 0 spiro atoms. The molecular weight excluding hydrogens is 414 g/mol. The number of hydrogen-bond acceptors (Lipinski definition) is 7. The van der Waals surface area contributed by atoms with Gasteiger partial charge in [0.05, 0.1) is 34.8 Å². The highest BCUT2D eigenvalue weighted by Crippen LogP contribution is 2.37. The molecule has 3 rings (SSSR count). The van der Waals surface area contributed by atoms with Gasteiger partial charge in [0.2, 0.25) is 0 Å². The summed E-state index contributed by atoms with van der Waals surface area (Å²) in [5, 5.41) is 20.0. The molecule has 27 heavy (non-hydrogen) atoms. The number of rotatable bonds is 6. The van der Waals surface area contributed by atoms with Crippen molar-refractivity contribution in [2.45, 2.75) is 13.3 Å². The van der Waals surface area contributed by atoms with Crippen LogP contribution in [0.15, 0.2) is 47.2 Å². The van der Waals surface area contributed by atoms with Crippen LogP contribution in [0.1, 0.15) is 18.1 Å². The van der Waals surface area contributed by atoms with Crippen LogP contribution < -0.4 is 9.47 Å². The fourth-order valence-corrected chi connectivity index (χ4v) is 2.88. The van der Waals surface area contributed by atoms with Crippen LogP contribution in [0.4, 0.5) is 0 Å². The number of esters is 1.